The zero-order valence-corrected chi connectivity index (χ0v) is 21.1. The van der Waals surface area contributed by atoms with Crippen LogP contribution in [0.3, 0.4) is 0 Å². The van der Waals surface area contributed by atoms with Crippen molar-refractivity contribution >= 4 is 57.7 Å². The van der Waals surface area contributed by atoms with E-state index >= 15 is 0 Å². The van der Waals surface area contributed by atoms with E-state index in [9.17, 15) is 19.5 Å². The minimum Gasteiger partial charge on any atom is -0.507 e. The number of nitrogens with one attached hydrogen (secondary N) is 1. The average molecular weight is 593 g/mol. The molecule has 3 atom stereocenters. The molecule has 12 heteroatoms. The Morgan fingerprint density at radius 1 is 1.33 bits per heavy atom. The number of nitrogens with zero attached hydrogens (tertiary/aromatic N) is 2. The van der Waals surface area contributed by atoms with Crippen molar-refractivity contribution in [3.05, 3.63) is 27.3 Å². The summed E-state index contributed by atoms with van der Waals surface area (Å²) >= 11 is 7.71. The summed E-state index contributed by atoms with van der Waals surface area (Å²) < 4.78 is 0.665. The van der Waals surface area contributed by atoms with Gasteiger partial charge in [-0.3, -0.25) is 19.4 Å². The van der Waals surface area contributed by atoms with Gasteiger partial charge < -0.3 is 32.5 Å². The number of benzene rings is 1. The molecule has 1 fully saturated rings. The van der Waals surface area contributed by atoms with Crippen LogP contribution in [-0.2, 0) is 20.8 Å². The number of nitrogens with two attached hydrogens (primary N) is 3. The van der Waals surface area contributed by atoms with E-state index in [-0.39, 0.29) is 35.7 Å². The van der Waals surface area contributed by atoms with Crippen molar-refractivity contribution in [3.63, 3.8) is 0 Å². The second-order valence-electron chi connectivity index (χ2n) is 7.90. The van der Waals surface area contributed by atoms with E-state index in [1.54, 1.807) is 18.2 Å². The number of carbonyl (C=O) groups excluding carboxylic acids is 3. The number of hydrogen-bond donors (Lipinski definition) is 5. The smallest absolute Gasteiger partial charge is 0.243 e. The Morgan fingerprint density at radius 3 is 2.70 bits per heavy atom. The highest BCUT2D eigenvalue weighted by atomic mass is 127. The third kappa shape index (κ3) is 8.00. The van der Waals surface area contributed by atoms with Crippen LogP contribution in [0.5, 0.6) is 5.75 Å². The first-order valence-electron chi connectivity index (χ1n) is 10.6. The molecule has 1 aliphatic heterocycles. The number of phenols is 1. The zero-order chi connectivity index (χ0) is 24.5. The van der Waals surface area contributed by atoms with Gasteiger partial charge in [0.25, 0.3) is 0 Å². The Kier molecular flexibility index (Phi) is 10.6. The van der Waals surface area contributed by atoms with Crippen molar-refractivity contribution in [2.45, 2.75) is 50.2 Å². The second-order valence-corrected chi connectivity index (χ2v) is 9.33. The number of phenolic OH excluding ortho intramolecular Hbond substituents is 1. The number of hydrogen-bond acceptors (Lipinski definition) is 6. The normalized spacial score (nSPS) is 17.3. The summed E-state index contributed by atoms with van der Waals surface area (Å²) in [5.41, 5.74) is 17.6. The van der Waals surface area contributed by atoms with E-state index in [1.807, 2.05) is 22.6 Å². The molecule has 10 nitrogen and oxygen atoms in total. The molecule has 1 aromatic rings. The van der Waals surface area contributed by atoms with Crippen LogP contribution in [0.4, 0.5) is 0 Å². The topological polar surface area (TPSA) is 177 Å². The van der Waals surface area contributed by atoms with Crippen LogP contribution < -0.4 is 22.5 Å². The van der Waals surface area contributed by atoms with Gasteiger partial charge in [-0.15, -0.1) is 11.6 Å². The summed E-state index contributed by atoms with van der Waals surface area (Å²) in [5, 5.41) is 12.4. The molecule has 8 N–H and O–H groups in total. The van der Waals surface area contributed by atoms with Crippen molar-refractivity contribution in [2.75, 3.05) is 19.0 Å². The van der Waals surface area contributed by atoms with Crippen molar-refractivity contribution in [1.29, 1.82) is 0 Å². The second kappa shape index (κ2) is 12.9. The molecule has 1 saturated heterocycles. The highest BCUT2D eigenvalue weighted by Crippen LogP contribution is 2.23. The van der Waals surface area contributed by atoms with Crippen molar-refractivity contribution in [3.8, 4) is 5.75 Å². The molecule has 0 radical (unpaired) electrons. The first kappa shape index (κ1) is 27.1. The maximum Gasteiger partial charge on any atom is 0.243 e. The van der Waals surface area contributed by atoms with Crippen LogP contribution in [0.25, 0.3) is 0 Å². The van der Waals surface area contributed by atoms with Gasteiger partial charge in [0.1, 0.15) is 11.8 Å². The lowest BCUT2D eigenvalue weighted by Gasteiger charge is -2.28. The molecule has 182 valence electrons. The fraction of sp³-hybridized carbons (Fsp3) is 0.524. The van der Waals surface area contributed by atoms with E-state index in [2.05, 4.69) is 10.3 Å². The number of guanidine groups is 1. The van der Waals surface area contributed by atoms with Crippen molar-refractivity contribution in [2.24, 2.45) is 22.2 Å². The number of aromatic hydroxyl groups is 1. The largest absolute Gasteiger partial charge is 0.507 e. The highest BCUT2D eigenvalue weighted by Gasteiger charge is 2.37. The number of ketones is 1. The van der Waals surface area contributed by atoms with Crippen LogP contribution >= 0.6 is 34.2 Å². The molecule has 0 saturated carbocycles. The van der Waals surface area contributed by atoms with Gasteiger partial charge in [0.05, 0.1) is 21.5 Å². The van der Waals surface area contributed by atoms with E-state index in [1.165, 1.54) is 4.90 Å². The number of Topliss-reactive ketones (excluding diaryl/α,β-unsaturated/α-hetero) is 1. The lowest BCUT2D eigenvalue weighted by atomic mass is 10.0. The van der Waals surface area contributed by atoms with E-state index in [0.29, 0.717) is 42.3 Å². The minimum absolute atomic E-state index is 0.0438. The third-order valence-electron chi connectivity index (χ3n) is 5.41. The van der Waals surface area contributed by atoms with Gasteiger partial charge in [-0.25, -0.2) is 0 Å². The lowest BCUT2D eigenvalue weighted by Crippen LogP contribution is -2.54. The van der Waals surface area contributed by atoms with Crippen LogP contribution in [0.1, 0.15) is 31.2 Å². The third-order valence-corrected chi connectivity index (χ3v) is 6.53. The van der Waals surface area contributed by atoms with Crippen LogP contribution in [0.15, 0.2) is 23.2 Å². The van der Waals surface area contributed by atoms with E-state index < -0.39 is 24.0 Å². The zero-order valence-electron chi connectivity index (χ0n) is 18.2. The Hall–Kier alpha value is -2.12. The fourth-order valence-electron chi connectivity index (χ4n) is 3.71. The molecule has 0 aliphatic carbocycles. The summed E-state index contributed by atoms with van der Waals surface area (Å²) in [5.74, 6) is -1.17. The first-order valence-corrected chi connectivity index (χ1v) is 12.2. The minimum atomic E-state index is -0.835. The maximum atomic E-state index is 13.0. The summed E-state index contributed by atoms with van der Waals surface area (Å²) in [4.78, 5) is 43.5. The Morgan fingerprint density at radius 2 is 2.06 bits per heavy atom. The molecule has 0 bridgehead atoms. The molecule has 2 amide bonds. The quantitative estimate of drug-likeness (QED) is 0.0801. The fourth-order valence-corrected chi connectivity index (χ4v) is 4.48. The lowest BCUT2D eigenvalue weighted by molar-refractivity contribution is -0.140. The monoisotopic (exact) mass is 592 g/mol. The number of amides is 2. The van der Waals surface area contributed by atoms with Gasteiger partial charge >= 0.3 is 0 Å². The number of alkyl halides is 1. The van der Waals surface area contributed by atoms with E-state index in [0.717, 1.165) is 5.56 Å². The summed E-state index contributed by atoms with van der Waals surface area (Å²) in [6.07, 6.45) is 2.23. The number of aliphatic imine (C=N–C) groups is 1. The molecule has 3 unspecified atom stereocenters. The summed E-state index contributed by atoms with van der Waals surface area (Å²) in [7, 11) is 0. The number of likely N-dealkylation sites (tertiary alicyclic amines) is 1. The SMILES string of the molecule is NC(N)=NCCCC(NC(=O)C1CCCN1C(=O)C(N)Cc1ccc(O)c(I)c1)C(=O)CCl. The standard InChI is InChI=1S/C21H30ClIN6O4/c22-11-18(31)15(3-1-7-27-21(25)26)28-19(32)16-4-2-8-29(16)20(33)14(24)10-12-5-6-17(30)13(23)9-12/h5-6,9,14-16,30H,1-4,7-8,10-11,24H2,(H,28,32)(H4,25,26,27). The van der Waals surface area contributed by atoms with Crippen molar-refractivity contribution < 1.29 is 19.5 Å². The van der Waals surface area contributed by atoms with Crippen LogP contribution in [0, 0.1) is 3.57 Å². The predicted octanol–water partition coefficient (Wildman–Crippen LogP) is 0.204. The molecule has 0 spiro atoms. The average Bonchev–Trinajstić information content (AvgIpc) is 3.27. The molecule has 1 heterocycles. The van der Waals surface area contributed by atoms with E-state index in [4.69, 9.17) is 28.8 Å². The van der Waals surface area contributed by atoms with Gasteiger partial charge in [0, 0.05) is 13.1 Å². The van der Waals surface area contributed by atoms with Gasteiger partial charge in [0.2, 0.25) is 11.8 Å². The maximum absolute atomic E-state index is 13.0. The Bertz CT molecular complexity index is 896. The Labute approximate surface area is 211 Å². The first-order chi connectivity index (χ1) is 15.6. The van der Waals surface area contributed by atoms with Crippen molar-refractivity contribution in [1.82, 2.24) is 10.2 Å². The number of rotatable bonds is 11. The van der Waals surface area contributed by atoms with Crippen LogP contribution in [0.2, 0.25) is 0 Å². The van der Waals surface area contributed by atoms with Crippen LogP contribution in [-0.4, -0.2) is 70.7 Å². The molecule has 0 aromatic heterocycles. The van der Waals surface area contributed by atoms with Gasteiger partial charge in [0.15, 0.2) is 11.7 Å². The number of carbonyl (C=O) groups is 3. The summed E-state index contributed by atoms with van der Waals surface area (Å²) in [6, 6.07) is 2.72. The molecule has 1 aromatic carbocycles. The molecule has 2 rings (SSSR count). The molecule has 1 aliphatic rings. The Balaban J connectivity index is 2.01. The van der Waals surface area contributed by atoms with Gasteiger partial charge in [-0.1, -0.05) is 6.07 Å². The predicted molar refractivity (Wildman–Crippen MR) is 135 cm³/mol. The van der Waals surface area contributed by atoms with Gasteiger partial charge in [-0.05, 0) is 72.4 Å². The summed E-state index contributed by atoms with van der Waals surface area (Å²) in [6.45, 7) is 0.736. The highest BCUT2D eigenvalue weighted by molar-refractivity contribution is 14.1. The number of halogens is 2. The molecular weight excluding hydrogens is 563 g/mol. The molecular formula is C21H30ClIN6O4. The molecule has 33 heavy (non-hydrogen) atoms. The van der Waals surface area contributed by atoms with Gasteiger partial charge in [-0.2, -0.15) is 0 Å².